The van der Waals surface area contributed by atoms with E-state index in [-0.39, 0.29) is 5.92 Å². The Hall–Kier alpha value is -0.530. The lowest BCUT2D eigenvalue weighted by molar-refractivity contribution is -0.148. The van der Waals surface area contributed by atoms with Crippen LogP contribution in [0.25, 0.3) is 0 Å². The van der Waals surface area contributed by atoms with Crippen LogP contribution in [0.3, 0.4) is 0 Å². The molecule has 0 aliphatic rings. The average molecular weight is 255 g/mol. The van der Waals surface area contributed by atoms with Gasteiger partial charge in [-0.3, -0.25) is 0 Å². The standard InChI is InChI=1S/C16H31O2/c1-3-5-7-8-9-10-12-14-15(16(17)18)13-11-6-4-2/h15H,3-14H2,1-2H3. The molecule has 18 heavy (non-hydrogen) atoms. The van der Waals surface area contributed by atoms with Crippen molar-refractivity contribution in [2.24, 2.45) is 5.92 Å². The SMILES string of the molecule is CCCCCCCCCC(CCCCC)C([O])=O. The van der Waals surface area contributed by atoms with Crippen LogP contribution in [0.2, 0.25) is 0 Å². The Morgan fingerprint density at radius 2 is 1.11 bits per heavy atom. The fourth-order valence-electron chi connectivity index (χ4n) is 2.37. The number of carbonyl (C=O) groups is 1. The molecule has 2 heteroatoms. The summed E-state index contributed by atoms with van der Waals surface area (Å²) in [5, 5.41) is 11.0. The van der Waals surface area contributed by atoms with Crippen molar-refractivity contribution < 1.29 is 9.90 Å². The second-order valence-electron chi connectivity index (χ2n) is 5.42. The van der Waals surface area contributed by atoms with Gasteiger partial charge in [-0.1, -0.05) is 78.1 Å². The summed E-state index contributed by atoms with van der Waals surface area (Å²) in [4.78, 5) is 11.0. The minimum atomic E-state index is -0.836. The third-order valence-corrected chi connectivity index (χ3v) is 3.65. The van der Waals surface area contributed by atoms with Gasteiger partial charge in [0, 0.05) is 0 Å². The van der Waals surface area contributed by atoms with Gasteiger partial charge in [0.2, 0.25) is 0 Å². The number of hydrogen-bond acceptors (Lipinski definition) is 1. The zero-order valence-corrected chi connectivity index (χ0v) is 12.4. The number of rotatable bonds is 13. The molecule has 0 aliphatic carbocycles. The Balaban J connectivity index is 3.49. The molecule has 0 aromatic carbocycles. The molecule has 0 rings (SSSR count). The summed E-state index contributed by atoms with van der Waals surface area (Å²) in [6.45, 7) is 4.37. The van der Waals surface area contributed by atoms with E-state index in [4.69, 9.17) is 0 Å². The van der Waals surface area contributed by atoms with Crippen molar-refractivity contribution in [1.82, 2.24) is 0 Å². The van der Waals surface area contributed by atoms with Crippen molar-refractivity contribution in [3.8, 4) is 0 Å². The Morgan fingerprint density at radius 3 is 1.61 bits per heavy atom. The molecule has 0 spiro atoms. The van der Waals surface area contributed by atoms with E-state index in [9.17, 15) is 9.90 Å². The lowest BCUT2D eigenvalue weighted by atomic mass is 9.95. The van der Waals surface area contributed by atoms with Gasteiger partial charge in [-0.15, -0.1) is 0 Å². The Morgan fingerprint density at radius 1 is 0.722 bits per heavy atom. The van der Waals surface area contributed by atoms with Gasteiger partial charge in [0.1, 0.15) is 0 Å². The maximum absolute atomic E-state index is 11.0. The van der Waals surface area contributed by atoms with E-state index in [0.717, 1.165) is 38.5 Å². The molecule has 1 radical (unpaired) electrons. The molecule has 0 bridgehead atoms. The highest BCUT2D eigenvalue weighted by Gasteiger charge is 2.17. The minimum Gasteiger partial charge on any atom is -0.247 e. The highest BCUT2D eigenvalue weighted by molar-refractivity contribution is 5.69. The highest BCUT2D eigenvalue weighted by atomic mass is 16.4. The topological polar surface area (TPSA) is 37.0 Å². The maximum Gasteiger partial charge on any atom is 0.358 e. The fraction of sp³-hybridized carbons (Fsp3) is 0.938. The summed E-state index contributed by atoms with van der Waals surface area (Å²) in [6, 6.07) is 0. The van der Waals surface area contributed by atoms with Gasteiger partial charge >= 0.3 is 5.97 Å². The van der Waals surface area contributed by atoms with Crippen molar-refractivity contribution in [3.63, 3.8) is 0 Å². The normalized spacial score (nSPS) is 12.6. The van der Waals surface area contributed by atoms with E-state index >= 15 is 0 Å². The Bertz CT molecular complexity index is 190. The van der Waals surface area contributed by atoms with Gasteiger partial charge in [-0.25, -0.2) is 9.90 Å². The van der Waals surface area contributed by atoms with Crippen LogP contribution in [0.15, 0.2) is 0 Å². The fourth-order valence-corrected chi connectivity index (χ4v) is 2.37. The molecule has 0 fully saturated rings. The first-order valence-electron chi connectivity index (χ1n) is 7.93. The maximum atomic E-state index is 11.0. The molecule has 0 saturated heterocycles. The van der Waals surface area contributed by atoms with Crippen LogP contribution >= 0.6 is 0 Å². The lowest BCUT2D eigenvalue weighted by Crippen LogP contribution is -2.12. The summed E-state index contributed by atoms with van der Waals surface area (Å²) in [6.07, 6.45) is 13.7. The summed E-state index contributed by atoms with van der Waals surface area (Å²) in [7, 11) is 0. The number of hydrogen-bond donors (Lipinski definition) is 0. The summed E-state index contributed by atoms with van der Waals surface area (Å²) >= 11 is 0. The van der Waals surface area contributed by atoms with E-state index in [0.29, 0.717) is 0 Å². The monoisotopic (exact) mass is 255 g/mol. The van der Waals surface area contributed by atoms with Crippen LogP contribution in [0.4, 0.5) is 0 Å². The van der Waals surface area contributed by atoms with E-state index in [1.54, 1.807) is 0 Å². The van der Waals surface area contributed by atoms with E-state index < -0.39 is 5.97 Å². The van der Waals surface area contributed by atoms with Crippen molar-refractivity contribution in [2.45, 2.75) is 90.9 Å². The second-order valence-corrected chi connectivity index (χ2v) is 5.42. The smallest absolute Gasteiger partial charge is 0.247 e. The Kier molecular flexibility index (Phi) is 12.5. The first-order chi connectivity index (χ1) is 8.72. The molecule has 0 saturated carbocycles. The van der Waals surface area contributed by atoms with Gasteiger partial charge in [0.15, 0.2) is 0 Å². The minimum absolute atomic E-state index is 0.202. The van der Waals surface area contributed by atoms with Crippen molar-refractivity contribution in [1.29, 1.82) is 0 Å². The molecule has 0 heterocycles. The number of carbonyl (C=O) groups excluding carboxylic acids is 1. The summed E-state index contributed by atoms with van der Waals surface area (Å²) in [5.41, 5.74) is 0. The van der Waals surface area contributed by atoms with Crippen molar-refractivity contribution >= 4 is 5.97 Å². The van der Waals surface area contributed by atoms with Crippen LogP contribution in [-0.4, -0.2) is 5.97 Å². The summed E-state index contributed by atoms with van der Waals surface area (Å²) < 4.78 is 0. The molecule has 0 N–H and O–H groups in total. The number of unbranched alkanes of at least 4 members (excludes halogenated alkanes) is 8. The van der Waals surface area contributed by atoms with Crippen molar-refractivity contribution in [3.05, 3.63) is 0 Å². The molecule has 2 nitrogen and oxygen atoms in total. The molecule has 0 aliphatic heterocycles. The zero-order chi connectivity index (χ0) is 13.6. The van der Waals surface area contributed by atoms with Crippen molar-refractivity contribution in [2.75, 3.05) is 0 Å². The lowest BCUT2D eigenvalue weighted by Gasteiger charge is -2.10. The van der Waals surface area contributed by atoms with Gasteiger partial charge in [-0.05, 0) is 12.8 Å². The van der Waals surface area contributed by atoms with E-state index in [2.05, 4.69) is 13.8 Å². The molecular weight excluding hydrogens is 224 g/mol. The third-order valence-electron chi connectivity index (χ3n) is 3.65. The first-order valence-corrected chi connectivity index (χ1v) is 7.93. The van der Waals surface area contributed by atoms with E-state index in [1.807, 2.05) is 0 Å². The highest BCUT2D eigenvalue weighted by Crippen LogP contribution is 2.18. The van der Waals surface area contributed by atoms with Gasteiger partial charge < -0.3 is 0 Å². The van der Waals surface area contributed by atoms with Crippen LogP contribution < -0.4 is 0 Å². The second kappa shape index (κ2) is 12.9. The zero-order valence-electron chi connectivity index (χ0n) is 12.4. The third kappa shape index (κ3) is 10.6. The molecule has 1 unspecified atom stereocenters. The average Bonchev–Trinajstić information content (AvgIpc) is 2.35. The van der Waals surface area contributed by atoms with Crippen LogP contribution in [0.5, 0.6) is 0 Å². The molecule has 0 aromatic rings. The first kappa shape index (κ1) is 17.5. The molecule has 0 amide bonds. The van der Waals surface area contributed by atoms with Crippen LogP contribution in [0, 0.1) is 5.92 Å². The summed E-state index contributed by atoms with van der Waals surface area (Å²) in [5.74, 6) is -1.04. The van der Waals surface area contributed by atoms with E-state index in [1.165, 1.54) is 38.5 Å². The Labute approximate surface area is 113 Å². The van der Waals surface area contributed by atoms with Crippen LogP contribution in [0.1, 0.15) is 90.9 Å². The van der Waals surface area contributed by atoms with Gasteiger partial charge in [0.25, 0.3) is 0 Å². The predicted octanol–water partition coefficient (Wildman–Crippen LogP) is 5.28. The largest absolute Gasteiger partial charge is 0.358 e. The predicted molar refractivity (Wildman–Crippen MR) is 75.9 cm³/mol. The molecule has 0 aromatic heterocycles. The molecule has 107 valence electrons. The molecular formula is C16H31O2. The van der Waals surface area contributed by atoms with Gasteiger partial charge in [-0.2, -0.15) is 0 Å². The van der Waals surface area contributed by atoms with Gasteiger partial charge in [0.05, 0.1) is 5.92 Å². The quantitative estimate of drug-likeness (QED) is 0.412. The molecule has 1 atom stereocenters. The van der Waals surface area contributed by atoms with Crippen LogP contribution in [-0.2, 0) is 9.90 Å².